The van der Waals surface area contributed by atoms with Gasteiger partial charge in [-0.1, -0.05) is 0 Å². The third-order valence-electron chi connectivity index (χ3n) is 1.68. The predicted molar refractivity (Wildman–Crippen MR) is 58.6 cm³/mol. The van der Waals surface area contributed by atoms with Gasteiger partial charge in [-0.25, -0.2) is 4.98 Å². The summed E-state index contributed by atoms with van der Waals surface area (Å²) in [6, 6.07) is 1.81. The molecule has 0 unspecified atom stereocenters. The summed E-state index contributed by atoms with van der Waals surface area (Å²) in [5.41, 5.74) is 0.716. The van der Waals surface area contributed by atoms with Gasteiger partial charge in [-0.3, -0.25) is 4.79 Å². The molecule has 2 heterocycles. The number of thiophene rings is 1. The highest BCUT2D eigenvalue weighted by Gasteiger charge is 2.08. The first-order valence-corrected chi connectivity index (χ1v) is 5.29. The van der Waals surface area contributed by atoms with Crippen molar-refractivity contribution >= 4 is 44.9 Å². The molecule has 0 amide bonds. The van der Waals surface area contributed by atoms with Gasteiger partial charge < -0.3 is 10.4 Å². The average Bonchev–Trinajstić information content (AvgIpc) is 2.61. The van der Waals surface area contributed by atoms with Crippen LogP contribution in [0.4, 0.5) is 5.82 Å². The zero-order valence-corrected chi connectivity index (χ0v) is 8.97. The maximum absolute atomic E-state index is 10.4. The fourth-order valence-corrected chi connectivity index (χ4v) is 2.09. The van der Waals surface area contributed by atoms with Crippen LogP contribution >= 0.6 is 22.9 Å². The molecule has 2 aromatic heterocycles. The summed E-state index contributed by atoms with van der Waals surface area (Å²) in [6.07, 6.45) is 0. The molecule has 0 radical (unpaired) electrons. The second kappa shape index (κ2) is 4.00. The number of nitrogens with zero attached hydrogens (tertiary/aromatic N) is 2. The van der Waals surface area contributed by atoms with Gasteiger partial charge in [0.15, 0.2) is 0 Å². The Bertz CT molecular complexity index is 514. The van der Waals surface area contributed by atoms with Crippen LogP contribution < -0.4 is 5.32 Å². The number of carbonyl (C=O) groups is 1. The zero-order chi connectivity index (χ0) is 10.8. The number of hydrogen-bond donors (Lipinski definition) is 2. The van der Waals surface area contributed by atoms with Crippen molar-refractivity contribution in [2.45, 2.75) is 0 Å². The Hall–Kier alpha value is -1.40. The van der Waals surface area contributed by atoms with E-state index in [1.165, 1.54) is 11.3 Å². The Balaban J connectivity index is 2.39. The lowest BCUT2D eigenvalue weighted by molar-refractivity contribution is -0.134. The van der Waals surface area contributed by atoms with Crippen LogP contribution in [-0.4, -0.2) is 27.6 Å². The first-order chi connectivity index (χ1) is 7.16. The van der Waals surface area contributed by atoms with E-state index in [-0.39, 0.29) is 11.8 Å². The van der Waals surface area contributed by atoms with Gasteiger partial charge in [-0.15, -0.1) is 11.3 Å². The monoisotopic (exact) mass is 243 g/mol. The van der Waals surface area contributed by atoms with Crippen LogP contribution in [0.3, 0.4) is 0 Å². The Morgan fingerprint density at radius 1 is 1.60 bits per heavy atom. The second-order valence-electron chi connectivity index (χ2n) is 2.72. The van der Waals surface area contributed by atoms with Crippen LogP contribution in [0.2, 0.25) is 5.28 Å². The number of rotatable bonds is 3. The van der Waals surface area contributed by atoms with Gasteiger partial charge in [0, 0.05) is 0 Å². The Labute approximate surface area is 93.7 Å². The third kappa shape index (κ3) is 2.16. The fourth-order valence-electron chi connectivity index (χ4n) is 1.11. The van der Waals surface area contributed by atoms with E-state index < -0.39 is 5.97 Å². The molecular formula is C8H6ClN3O2S. The summed E-state index contributed by atoms with van der Waals surface area (Å²) in [7, 11) is 0. The lowest BCUT2D eigenvalue weighted by Crippen LogP contribution is -2.13. The number of aromatic nitrogens is 2. The molecule has 0 aliphatic carbocycles. The maximum Gasteiger partial charge on any atom is 0.322 e. The molecule has 2 aromatic rings. The molecule has 0 saturated heterocycles. The van der Waals surface area contributed by atoms with Crippen molar-refractivity contribution in [3.8, 4) is 0 Å². The van der Waals surface area contributed by atoms with E-state index in [0.29, 0.717) is 11.3 Å². The van der Waals surface area contributed by atoms with E-state index in [0.717, 1.165) is 4.70 Å². The molecule has 0 saturated carbocycles. The van der Waals surface area contributed by atoms with Crippen molar-refractivity contribution < 1.29 is 9.90 Å². The molecule has 15 heavy (non-hydrogen) atoms. The molecule has 0 aromatic carbocycles. The van der Waals surface area contributed by atoms with Crippen molar-refractivity contribution in [2.24, 2.45) is 0 Å². The quantitative estimate of drug-likeness (QED) is 0.805. The van der Waals surface area contributed by atoms with E-state index in [4.69, 9.17) is 16.7 Å². The van der Waals surface area contributed by atoms with Crippen molar-refractivity contribution in [3.63, 3.8) is 0 Å². The minimum absolute atomic E-state index is 0.105. The number of halogens is 1. The van der Waals surface area contributed by atoms with Crippen LogP contribution in [0, 0.1) is 0 Å². The van der Waals surface area contributed by atoms with E-state index in [1.54, 1.807) is 6.07 Å². The van der Waals surface area contributed by atoms with E-state index >= 15 is 0 Å². The van der Waals surface area contributed by atoms with Gasteiger partial charge in [0.1, 0.15) is 12.4 Å². The molecule has 78 valence electrons. The standard InChI is InChI=1S/C8H6ClN3O2S/c9-8-11-4-1-2-15-6(4)7(12-8)10-3-5(13)14/h1-2H,3H2,(H,13,14)(H,10,11,12). The highest BCUT2D eigenvalue weighted by atomic mass is 35.5. The van der Waals surface area contributed by atoms with Crippen LogP contribution in [0.1, 0.15) is 0 Å². The Morgan fingerprint density at radius 2 is 2.40 bits per heavy atom. The summed E-state index contributed by atoms with van der Waals surface area (Å²) in [4.78, 5) is 18.3. The number of carboxylic acid groups (broad SMARTS) is 1. The van der Waals surface area contributed by atoms with Crippen molar-refractivity contribution in [1.29, 1.82) is 0 Å². The van der Waals surface area contributed by atoms with E-state index in [2.05, 4.69) is 15.3 Å². The number of aliphatic carboxylic acids is 1. The largest absolute Gasteiger partial charge is 0.480 e. The molecule has 2 N–H and O–H groups in total. The normalized spacial score (nSPS) is 10.5. The van der Waals surface area contributed by atoms with Crippen molar-refractivity contribution in [1.82, 2.24) is 9.97 Å². The minimum Gasteiger partial charge on any atom is -0.480 e. The van der Waals surface area contributed by atoms with Crippen LogP contribution in [0.25, 0.3) is 10.2 Å². The predicted octanol–water partition coefficient (Wildman–Crippen LogP) is 1.84. The molecule has 0 aliphatic heterocycles. The van der Waals surface area contributed by atoms with Gasteiger partial charge in [0.05, 0.1) is 10.2 Å². The second-order valence-corrected chi connectivity index (χ2v) is 3.98. The molecule has 0 atom stereocenters. The zero-order valence-electron chi connectivity index (χ0n) is 7.40. The van der Waals surface area contributed by atoms with E-state index in [9.17, 15) is 4.79 Å². The molecule has 5 nitrogen and oxygen atoms in total. The van der Waals surface area contributed by atoms with Gasteiger partial charge in [0.2, 0.25) is 5.28 Å². The summed E-state index contributed by atoms with van der Waals surface area (Å²) in [5.74, 6) is -0.489. The minimum atomic E-state index is -0.950. The molecule has 2 rings (SSSR count). The van der Waals surface area contributed by atoms with Gasteiger partial charge in [-0.05, 0) is 23.0 Å². The summed E-state index contributed by atoms with van der Waals surface area (Å²) >= 11 is 7.13. The van der Waals surface area contributed by atoms with E-state index in [1.807, 2.05) is 5.38 Å². The number of fused-ring (bicyclic) bond motifs is 1. The van der Waals surface area contributed by atoms with Crippen LogP contribution in [0.5, 0.6) is 0 Å². The molecule has 0 fully saturated rings. The number of carboxylic acids is 1. The van der Waals surface area contributed by atoms with Crippen molar-refractivity contribution in [3.05, 3.63) is 16.7 Å². The summed E-state index contributed by atoms with van der Waals surface area (Å²) in [6.45, 7) is -0.194. The van der Waals surface area contributed by atoms with Crippen LogP contribution in [0.15, 0.2) is 11.4 Å². The first-order valence-electron chi connectivity index (χ1n) is 4.03. The lowest BCUT2D eigenvalue weighted by atomic mass is 10.4. The molecular weight excluding hydrogens is 238 g/mol. The molecule has 0 aliphatic rings. The maximum atomic E-state index is 10.4. The highest BCUT2D eigenvalue weighted by molar-refractivity contribution is 7.17. The van der Waals surface area contributed by atoms with Gasteiger partial charge in [0.25, 0.3) is 0 Å². The highest BCUT2D eigenvalue weighted by Crippen LogP contribution is 2.26. The Morgan fingerprint density at radius 3 is 3.13 bits per heavy atom. The molecule has 7 heteroatoms. The summed E-state index contributed by atoms with van der Waals surface area (Å²) in [5, 5.41) is 13.2. The smallest absolute Gasteiger partial charge is 0.322 e. The van der Waals surface area contributed by atoms with Crippen LogP contribution in [-0.2, 0) is 4.79 Å². The fraction of sp³-hybridized carbons (Fsp3) is 0.125. The SMILES string of the molecule is O=C(O)CNc1nc(Cl)nc2ccsc12. The average molecular weight is 244 g/mol. The van der Waals surface area contributed by atoms with Gasteiger partial charge in [-0.2, -0.15) is 4.98 Å². The first kappa shape index (κ1) is 10.1. The molecule has 0 bridgehead atoms. The molecule has 0 spiro atoms. The van der Waals surface area contributed by atoms with Gasteiger partial charge >= 0.3 is 5.97 Å². The Kier molecular flexibility index (Phi) is 2.70. The number of anilines is 1. The third-order valence-corrected chi connectivity index (χ3v) is 2.76. The number of hydrogen-bond acceptors (Lipinski definition) is 5. The lowest BCUT2D eigenvalue weighted by Gasteiger charge is -2.03. The number of nitrogens with one attached hydrogen (secondary N) is 1. The van der Waals surface area contributed by atoms with Crippen molar-refractivity contribution in [2.75, 3.05) is 11.9 Å². The topological polar surface area (TPSA) is 75.1 Å². The summed E-state index contributed by atoms with van der Waals surface area (Å²) < 4.78 is 0.806.